The minimum absolute atomic E-state index is 1.04. The molecule has 0 fully saturated rings. The second kappa shape index (κ2) is 6.05. The van der Waals surface area contributed by atoms with E-state index in [1.807, 2.05) is 0 Å². The third kappa shape index (κ3) is 2.82. The molecule has 2 heteroatoms. The van der Waals surface area contributed by atoms with E-state index >= 15 is 0 Å². The highest BCUT2D eigenvalue weighted by Gasteiger charge is 2.19. The number of aromatic nitrogens is 1. The van der Waals surface area contributed by atoms with Gasteiger partial charge in [-0.3, -0.25) is 4.90 Å². The van der Waals surface area contributed by atoms with E-state index in [1.165, 1.54) is 33.2 Å². The van der Waals surface area contributed by atoms with Crippen LogP contribution in [-0.2, 0) is 6.54 Å². The topological polar surface area (TPSA) is 19.0 Å². The number of nitrogens with one attached hydrogen (secondary N) is 1. The summed E-state index contributed by atoms with van der Waals surface area (Å²) in [5, 5.41) is 1.35. The lowest BCUT2D eigenvalue weighted by atomic mass is 9.93. The number of rotatable bonds is 3. The van der Waals surface area contributed by atoms with Crippen molar-refractivity contribution in [3.63, 3.8) is 0 Å². The standard InChI is InChI=1S/C21H22N2/c1-16-14-23(15-17-7-3-2-4-8-17)12-11-18(16)20-13-22-21-10-6-5-9-19(20)21/h2-10,13,22H,11-12,14-15H2,1H3. The number of para-hydroxylation sites is 1. The molecule has 4 rings (SSSR count). The van der Waals surface area contributed by atoms with E-state index in [9.17, 15) is 0 Å². The van der Waals surface area contributed by atoms with Gasteiger partial charge in [0.05, 0.1) is 0 Å². The van der Waals surface area contributed by atoms with Crippen LogP contribution in [0.15, 0.2) is 66.4 Å². The molecule has 1 aliphatic heterocycles. The molecule has 0 saturated carbocycles. The number of aromatic amines is 1. The summed E-state index contributed by atoms with van der Waals surface area (Å²) < 4.78 is 0. The molecular formula is C21H22N2. The fourth-order valence-electron chi connectivity index (χ4n) is 3.66. The highest BCUT2D eigenvalue weighted by molar-refractivity contribution is 5.93. The van der Waals surface area contributed by atoms with Crippen molar-refractivity contribution in [2.45, 2.75) is 19.9 Å². The Labute approximate surface area is 137 Å². The first-order chi connectivity index (χ1) is 11.3. The zero-order chi connectivity index (χ0) is 15.6. The van der Waals surface area contributed by atoms with Gasteiger partial charge < -0.3 is 4.98 Å². The Morgan fingerprint density at radius 1 is 1.00 bits per heavy atom. The molecule has 0 aliphatic carbocycles. The minimum Gasteiger partial charge on any atom is -0.361 e. The summed E-state index contributed by atoms with van der Waals surface area (Å²) >= 11 is 0. The Kier molecular flexibility index (Phi) is 3.76. The first-order valence-electron chi connectivity index (χ1n) is 8.32. The second-order valence-corrected chi connectivity index (χ2v) is 6.45. The van der Waals surface area contributed by atoms with Crippen molar-refractivity contribution in [2.75, 3.05) is 13.1 Å². The number of H-pyrrole nitrogens is 1. The molecule has 2 heterocycles. The maximum absolute atomic E-state index is 3.41. The van der Waals surface area contributed by atoms with Crippen molar-refractivity contribution in [3.05, 3.63) is 77.5 Å². The lowest BCUT2D eigenvalue weighted by molar-refractivity contribution is 0.286. The first kappa shape index (κ1) is 14.3. The number of benzene rings is 2. The third-order valence-corrected chi connectivity index (χ3v) is 4.82. The smallest absolute Gasteiger partial charge is 0.0460 e. The molecular weight excluding hydrogens is 280 g/mol. The van der Waals surface area contributed by atoms with Crippen LogP contribution < -0.4 is 0 Å². The number of nitrogens with zero attached hydrogens (tertiary/aromatic N) is 1. The monoisotopic (exact) mass is 302 g/mol. The van der Waals surface area contributed by atoms with Crippen molar-refractivity contribution >= 4 is 16.5 Å². The van der Waals surface area contributed by atoms with Crippen LogP contribution in [0.3, 0.4) is 0 Å². The lowest BCUT2D eigenvalue weighted by Gasteiger charge is -2.29. The van der Waals surface area contributed by atoms with Gasteiger partial charge >= 0.3 is 0 Å². The van der Waals surface area contributed by atoms with Crippen LogP contribution in [0.4, 0.5) is 0 Å². The van der Waals surface area contributed by atoms with Gasteiger partial charge in [-0.15, -0.1) is 0 Å². The van der Waals surface area contributed by atoms with Crippen molar-refractivity contribution in [1.29, 1.82) is 0 Å². The van der Waals surface area contributed by atoms with Crippen LogP contribution in [0.5, 0.6) is 0 Å². The molecule has 3 aromatic rings. The van der Waals surface area contributed by atoms with Crippen LogP contribution in [-0.4, -0.2) is 23.0 Å². The average molecular weight is 302 g/mol. The van der Waals surface area contributed by atoms with Crippen molar-refractivity contribution < 1.29 is 0 Å². The quantitative estimate of drug-likeness (QED) is 0.733. The Bertz CT molecular complexity index is 842. The highest BCUT2D eigenvalue weighted by Crippen LogP contribution is 2.32. The normalized spacial score (nSPS) is 16.2. The summed E-state index contributed by atoms with van der Waals surface area (Å²) in [7, 11) is 0. The molecule has 0 amide bonds. The second-order valence-electron chi connectivity index (χ2n) is 6.45. The fraction of sp³-hybridized carbons (Fsp3) is 0.238. The Morgan fingerprint density at radius 3 is 2.61 bits per heavy atom. The van der Waals surface area contributed by atoms with Gasteiger partial charge in [-0.25, -0.2) is 0 Å². The highest BCUT2D eigenvalue weighted by atomic mass is 15.1. The van der Waals surface area contributed by atoms with Gasteiger partial charge in [0.25, 0.3) is 0 Å². The summed E-state index contributed by atoms with van der Waals surface area (Å²) in [6, 6.07) is 19.4. The Balaban J connectivity index is 1.58. The van der Waals surface area contributed by atoms with Gasteiger partial charge in [0.2, 0.25) is 0 Å². The summed E-state index contributed by atoms with van der Waals surface area (Å²) in [4.78, 5) is 5.95. The van der Waals surface area contributed by atoms with Gasteiger partial charge in [-0.05, 0) is 30.5 Å². The van der Waals surface area contributed by atoms with Gasteiger partial charge in [0.15, 0.2) is 0 Å². The number of fused-ring (bicyclic) bond motifs is 1. The first-order valence-corrected chi connectivity index (χ1v) is 8.32. The van der Waals surface area contributed by atoms with E-state index in [0.717, 1.165) is 26.1 Å². The summed E-state index contributed by atoms with van der Waals surface area (Å²) in [6.45, 7) is 5.51. The van der Waals surface area contributed by atoms with Crippen molar-refractivity contribution in [2.24, 2.45) is 0 Å². The maximum Gasteiger partial charge on any atom is 0.0460 e. The van der Waals surface area contributed by atoms with Crippen LogP contribution in [0.25, 0.3) is 16.5 Å². The third-order valence-electron chi connectivity index (χ3n) is 4.82. The minimum atomic E-state index is 1.04. The summed E-state index contributed by atoms with van der Waals surface area (Å²) in [6.07, 6.45) is 3.30. The Morgan fingerprint density at radius 2 is 1.78 bits per heavy atom. The van der Waals surface area contributed by atoms with Crippen LogP contribution in [0.1, 0.15) is 24.5 Å². The molecule has 1 N–H and O–H groups in total. The van der Waals surface area contributed by atoms with E-state index in [2.05, 4.69) is 77.6 Å². The molecule has 2 aromatic carbocycles. The van der Waals surface area contributed by atoms with E-state index < -0.39 is 0 Å². The molecule has 0 spiro atoms. The summed E-state index contributed by atoms with van der Waals surface area (Å²) in [5.41, 5.74) is 7.03. The zero-order valence-corrected chi connectivity index (χ0v) is 13.5. The number of hydrogen-bond donors (Lipinski definition) is 1. The molecule has 0 radical (unpaired) electrons. The van der Waals surface area contributed by atoms with Gasteiger partial charge in [0, 0.05) is 42.3 Å². The number of hydrogen-bond acceptors (Lipinski definition) is 1. The molecule has 23 heavy (non-hydrogen) atoms. The van der Waals surface area contributed by atoms with Gasteiger partial charge in [-0.2, -0.15) is 0 Å². The largest absolute Gasteiger partial charge is 0.361 e. The average Bonchev–Trinajstić information content (AvgIpc) is 3.00. The SMILES string of the molecule is CC1=C(c2c[nH]c3ccccc23)CCN(Cc2ccccc2)C1. The molecule has 116 valence electrons. The Hall–Kier alpha value is -2.32. The fourth-order valence-corrected chi connectivity index (χ4v) is 3.66. The molecule has 0 bridgehead atoms. The maximum atomic E-state index is 3.41. The van der Waals surface area contributed by atoms with Crippen LogP contribution >= 0.6 is 0 Å². The molecule has 2 nitrogen and oxygen atoms in total. The van der Waals surface area contributed by atoms with E-state index in [0.29, 0.717) is 0 Å². The lowest BCUT2D eigenvalue weighted by Crippen LogP contribution is -2.30. The molecule has 1 aromatic heterocycles. The van der Waals surface area contributed by atoms with E-state index in [-0.39, 0.29) is 0 Å². The molecule has 0 saturated heterocycles. The molecule has 1 aliphatic rings. The van der Waals surface area contributed by atoms with Crippen molar-refractivity contribution in [3.8, 4) is 0 Å². The van der Waals surface area contributed by atoms with Gasteiger partial charge in [-0.1, -0.05) is 54.1 Å². The summed E-state index contributed by atoms with van der Waals surface area (Å²) in [5.74, 6) is 0. The van der Waals surface area contributed by atoms with Crippen molar-refractivity contribution in [1.82, 2.24) is 9.88 Å². The zero-order valence-electron chi connectivity index (χ0n) is 13.5. The van der Waals surface area contributed by atoms with Crippen LogP contribution in [0.2, 0.25) is 0 Å². The molecule has 0 unspecified atom stereocenters. The van der Waals surface area contributed by atoms with Gasteiger partial charge in [0.1, 0.15) is 0 Å². The van der Waals surface area contributed by atoms with E-state index in [1.54, 1.807) is 0 Å². The predicted octanol–water partition coefficient (Wildman–Crippen LogP) is 4.85. The van der Waals surface area contributed by atoms with Crippen LogP contribution in [0, 0.1) is 0 Å². The predicted molar refractivity (Wildman–Crippen MR) is 97.2 cm³/mol. The molecule has 0 atom stereocenters. The van der Waals surface area contributed by atoms with E-state index in [4.69, 9.17) is 0 Å².